The standard InChI is InChI=1S/C16H14BrClFN3O3/c17-8-1-10-11(12(18)2-8)6-21(16(10)25)22-7-20-5-9(19)3-13(20)14(22)4-15(23)24/h1-2,9H,3-7H2,(H,23,24)/t9-/m1/s1. The quantitative estimate of drug-likeness (QED) is 0.799. The molecule has 25 heavy (non-hydrogen) atoms. The molecule has 3 aliphatic heterocycles. The molecule has 1 amide bonds. The highest BCUT2D eigenvalue weighted by atomic mass is 79.9. The maximum Gasteiger partial charge on any atom is 0.309 e. The van der Waals surface area contributed by atoms with Gasteiger partial charge < -0.3 is 10.0 Å². The Hall–Kier alpha value is -1.80. The summed E-state index contributed by atoms with van der Waals surface area (Å²) in [6.07, 6.45) is -1.07. The monoisotopic (exact) mass is 429 g/mol. The molecule has 1 aromatic carbocycles. The Bertz CT molecular complexity index is 831. The van der Waals surface area contributed by atoms with Crippen molar-refractivity contribution in [2.45, 2.75) is 25.6 Å². The SMILES string of the molecule is O=C(O)CC1=C2C[C@@H](F)CN2CN1N1Cc2c(Cl)cc(Br)cc2C1=O. The molecule has 0 bridgehead atoms. The number of benzene rings is 1. The summed E-state index contributed by atoms with van der Waals surface area (Å²) in [4.78, 5) is 25.9. The van der Waals surface area contributed by atoms with Crippen LogP contribution >= 0.6 is 27.5 Å². The Morgan fingerprint density at radius 3 is 2.88 bits per heavy atom. The largest absolute Gasteiger partial charge is 0.481 e. The molecule has 0 saturated carbocycles. The van der Waals surface area contributed by atoms with E-state index < -0.39 is 12.1 Å². The van der Waals surface area contributed by atoms with Crippen molar-refractivity contribution in [2.24, 2.45) is 0 Å². The number of carbonyl (C=O) groups is 2. The molecular formula is C16H14BrClFN3O3. The number of rotatable bonds is 3. The number of hydrogen-bond donors (Lipinski definition) is 1. The fourth-order valence-electron chi connectivity index (χ4n) is 3.66. The number of halogens is 3. The molecule has 0 spiro atoms. The van der Waals surface area contributed by atoms with Gasteiger partial charge in [-0.25, -0.2) is 9.40 Å². The van der Waals surface area contributed by atoms with Gasteiger partial charge in [-0.05, 0) is 12.1 Å². The van der Waals surface area contributed by atoms with Gasteiger partial charge in [0.1, 0.15) is 12.8 Å². The molecule has 1 N–H and O–H groups in total. The van der Waals surface area contributed by atoms with E-state index >= 15 is 0 Å². The van der Waals surface area contributed by atoms with Gasteiger partial charge in [-0.2, -0.15) is 0 Å². The lowest BCUT2D eigenvalue weighted by Crippen LogP contribution is -2.43. The number of carbonyl (C=O) groups excluding carboxylic acids is 1. The number of aliphatic carboxylic acids is 1. The zero-order valence-electron chi connectivity index (χ0n) is 13.0. The molecule has 1 fully saturated rings. The van der Waals surface area contributed by atoms with E-state index in [-0.39, 0.29) is 38.5 Å². The van der Waals surface area contributed by atoms with E-state index in [9.17, 15) is 19.1 Å². The molecule has 1 aromatic rings. The highest BCUT2D eigenvalue weighted by molar-refractivity contribution is 9.10. The predicted octanol–water partition coefficient (Wildman–Crippen LogP) is 2.98. The molecule has 0 aromatic heterocycles. The number of nitrogens with zero attached hydrogens (tertiary/aromatic N) is 3. The number of fused-ring (bicyclic) bond motifs is 2. The Labute approximate surface area is 156 Å². The summed E-state index contributed by atoms with van der Waals surface area (Å²) in [5.41, 5.74) is 2.36. The molecule has 6 nitrogen and oxygen atoms in total. The summed E-state index contributed by atoms with van der Waals surface area (Å²) >= 11 is 9.59. The summed E-state index contributed by atoms with van der Waals surface area (Å²) in [6, 6.07) is 3.44. The average molecular weight is 431 g/mol. The summed E-state index contributed by atoms with van der Waals surface area (Å²) in [6.45, 7) is 0.761. The normalized spacial score (nSPS) is 22.1. The first-order chi connectivity index (χ1) is 11.8. The van der Waals surface area contributed by atoms with Crippen LogP contribution in [0.5, 0.6) is 0 Å². The molecule has 3 aliphatic rings. The summed E-state index contributed by atoms with van der Waals surface area (Å²) in [5, 5.41) is 12.9. The average Bonchev–Trinajstić information content (AvgIpc) is 3.12. The molecular weight excluding hydrogens is 417 g/mol. The molecule has 9 heteroatoms. The number of hydrogen-bond acceptors (Lipinski definition) is 4. The maximum atomic E-state index is 13.7. The van der Waals surface area contributed by atoms with Gasteiger partial charge in [0.05, 0.1) is 25.2 Å². The van der Waals surface area contributed by atoms with Crippen LogP contribution in [-0.2, 0) is 11.3 Å². The fraction of sp³-hybridized carbons (Fsp3) is 0.375. The third-order valence-corrected chi connectivity index (χ3v) is 5.50. The minimum atomic E-state index is -1.01. The fourth-order valence-corrected chi connectivity index (χ4v) is 4.53. The van der Waals surface area contributed by atoms with Crippen LogP contribution in [0.3, 0.4) is 0 Å². The minimum Gasteiger partial charge on any atom is -0.481 e. The summed E-state index contributed by atoms with van der Waals surface area (Å²) in [7, 11) is 0. The summed E-state index contributed by atoms with van der Waals surface area (Å²) in [5.74, 6) is -1.25. The van der Waals surface area contributed by atoms with Crippen LogP contribution in [0.15, 0.2) is 28.0 Å². The number of allylic oxidation sites excluding steroid dienone is 1. The van der Waals surface area contributed by atoms with Crippen molar-refractivity contribution in [1.29, 1.82) is 0 Å². The number of carboxylic acid groups (broad SMARTS) is 1. The molecule has 3 heterocycles. The van der Waals surface area contributed by atoms with Gasteiger partial charge in [-0.1, -0.05) is 27.5 Å². The first kappa shape index (κ1) is 16.7. The van der Waals surface area contributed by atoms with Crippen LogP contribution in [0.25, 0.3) is 0 Å². The number of amides is 1. The van der Waals surface area contributed by atoms with E-state index in [1.165, 1.54) is 5.01 Å². The van der Waals surface area contributed by atoms with Crippen LogP contribution in [0.4, 0.5) is 4.39 Å². The van der Waals surface area contributed by atoms with E-state index in [0.29, 0.717) is 32.0 Å². The van der Waals surface area contributed by atoms with E-state index in [0.717, 1.165) is 0 Å². The second-order valence-corrected chi connectivity index (χ2v) is 7.63. The summed E-state index contributed by atoms with van der Waals surface area (Å²) < 4.78 is 14.4. The van der Waals surface area contributed by atoms with Gasteiger partial charge in [0, 0.05) is 32.7 Å². The number of carboxylic acids is 1. The van der Waals surface area contributed by atoms with Crippen molar-refractivity contribution in [2.75, 3.05) is 13.2 Å². The van der Waals surface area contributed by atoms with E-state index in [1.54, 1.807) is 22.0 Å². The van der Waals surface area contributed by atoms with E-state index in [4.69, 9.17) is 11.6 Å². The number of alkyl halides is 1. The molecule has 132 valence electrons. The molecule has 1 atom stereocenters. The van der Waals surface area contributed by atoms with Crippen molar-refractivity contribution in [3.05, 3.63) is 44.1 Å². The highest BCUT2D eigenvalue weighted by Gasteiger charge is 2.43. The Kier molecular flexibility index (Phi) is 3.92. The maximum absolute atomic E-state index is 13.7. The van der Waals surface area contributed by atoms with Crippen LogP contribution in [0.1, 0.15) is 28.8 Å². The van der Waals surface area contributed by atoms with Gasteiger partial charge in [0.2, 0.25) is 0 Å². The van der Waals surface area contributed by atoms with Crippen LogP contribution in [0, 0.1) is 0 Å². The van der Waals surface area contributed by atoms with Crippen molar-refractivity contribution in [3.63, 3.8) is 0 Å². The smallest absolute Gasteiger partial charge is 0.309 e. The van der Waals surface area contributed by atoms with Crippen LogP contribution < -0.4 is 0 Å². The Morgan fingerprint density at radius 1 is 1.40 bits per heavy atom. The van der Waals surface area contributed by atoms with Gasteiger partial charge in [-0.15, -0.1) is 0 Å². The first-order valence-corrected chi connectivity index (χ1v) is 8.92. The third kappa shape index (κ3) is 2.67. The predicted molar refractivity (Wildman–Crippen MR) is 91.2 cm³/mol. The van der Waals surface area contributed by atoms with Crippen molar-refractivity contribution in [3.8, 4) is 0 Å². The third-order valence-electron chi connectivity index (χ3n) is 4.71. The lowest BCUT2D eigenvalue weighted by Gasteiger charge is -2.32. The lowest BCUT2D eigenvalue weighted by atomic mass is 10.1. The van der Waals surface area contributed by atoms with Crippen LogP contribution in [0.2, 0.25) is 5.02 Å². The zero-order chi connectivity index (χ0) is 17.9. The van der Waals surface area contributed by atoms with E-state index in [2.05, 4.69) is 15.9 Å². The topological polar surface area (TPSA) is 64.1 Å². The second-order valence-electron chi connectivity index (χ2n) is 6.31. The van der Waals surface area contributed by atoms with Gasteiger partial charge >= 0.3 is 5.97 Å². The van der Waals surface area contributed by atoms with Crippen LogP contribution in [-0.4, -0.2) is 51.3 Å². The lowest BCUT2D eigenvalue weighted by molar-refractivity contribution is -0.137. The Morgan fingerprint density at radius 2 is 2.16 bits per heavy atom. The zero-order valence-corrected chi connectivity index (χ0v) is 15.3. The Balaban J connectivity index is 1.70. The highest BCUT2D eigenvalue weighted by Crippen LogP contribution is 2.40. The molecule has 4 rings (SSSR count). The molecule has 0 unspecified atom stereocenters. The minimum absolute atomic E-state index is 0.181. The molecule has 1 saturated heterocycles. The van der Waals surface area contributed by atoms with Gasteiger partial charge in [-0.3, -0.25) is 14.6 Å². The molecule has 0 aliphatic carbocycles. The second kappa shape index (κ2) is 5.88. The van der Waals surface area contributed by atoms with E-state index in [1.807, 2.05) is 0 Å². The number of hydrazine groups is 1. The molecule has 0 radical (unpaired) electrons. The van der Waals surface area contributed by atoms with Crippen molar-refractivity contribution < 1.29 is 19.1 Å². The van der Waals surface area contributed by atoms with Crippen molar-refractivity contribution in [1.82, 2.24) is 14.9 Å². The van der Waals surface area contributed by atoms with Crippen molar-refractivity contribution >= 4 is 39.4 Å². The first-order valence-electron chi connectivity index (χ1n) is 7.75. The van der Waals surface area contributed by atoms with Gasteiger partial charge in [0.15, 0.2) is 0 Å². The van der Waals surface area contributed by atoms with Gasteiger partial charge in [0.25, 0.3) is 5.91 Å².